The first-order valence-corrected chi connectivity index (χ1v) is 6.75. The van der Waals surface area contributed by atoms with Crippen LogP contribution in [0.3, 0.4) is 0 Å². The fraction of sp³-hybridized carbons (Fsp3) is 0.867. The third kappa shape index (κ3) is 3.83. The molecule has 1 unspecified atom stereocenters. The Bertz CT molecular complexity index is 238. The van der Waals surface area contributed by atoms with Crippen molar-refractivity contribution in [2.45, 2.75) is 58.9 Å². The molecule has 0 aromatic heterocycles. The molecule has 92 valence electrons. The minimum Gasteiger partial charge on any atom is -0.316 e. The first-order chi connectivity index (χ1) is 7.69. The highest BCUT2D eigenvalue weighted by Gasteiger charge is 2.27. The van der Waals surface area contributed by atoms with Crippen molar-refractivity contribution in [2.75, 3.05) is 7.05 Å². The van der Waals surface area contributed by atoms with Crippen molar-refractivity contribution < 1.29 is 0 Å². The average molecular weight is 221 g/mol. The summed E-state index contributed by atoms with van der Waals surface area (Å²) in [6, 6.07) is 0.612. The summed E-state index contributed by atoms with van der Waals surface area (Å²) in [4.78, 5) is 0. The molecule has 0 saturated heterocycles. The first kappa shape index (κ1) is 13.6. The van der Waals surface area contributed by atoms with Crippen LogP contribution in [0.25, 0.3) is 0 Å². The maximum absolute atomic E-state index is 3.45. The fourth-order valence-corrected chi connectivity index (χ4v) is 2.93. The Kier molecular flexibility index (Phi) is 5.91. The molecular formula is C15H27N. The maximum atomic E-state index is 3.45. The number of hydrogen-bond acceptors (Lipinski definition) is 1. The van der Waals surface area contributed by atoms with E-state index in [0.29, 0.717) is 6.04 Å². The number of rotatable bonds is 4. The normalized spacial score (nSPS) is 27.3. The van der Waals surface area contributed by atoms with Gasteiger partial charge in [0.2, 0.25) is 0 Å². The van der Waals surface area contributed by atoms with Gasteiger partial charge >= 0.3 is 0 Å². The van der Waals surface area contributed by atoms with Crippen LogP contribution in [0.1, 0.15) is 52.9 Å². The van der Waals surface area contributed by atoms with E-state index in [2.05, 4.69) is 38.1 Å². The second-order valence-corrected chi connectivity index (χ2v) is 5.44. The molecule has 1 heteroatoms. The number of hydrogen-bond donors (Lipinski definition) is 1. The van der Waals surface area contributed by atoms with Crippen molar-refractivity contribution in [3.63, 3.8) is 0 Å². The third-order valence-electron chi connectivity index (χ3n) is 4.20. The molecular weight excluding hydrogens is 194 g/mol. The largest absolute Gasteiger partial charge is 0.316 e. The van der Waals surface area contributed by atoms with Crippen LogP contribution in [0.15, 0.2) is 0 Å². The Hall–Kier alpha value is -0.480. The number of nitrogens with one attached hydrogen (secondary N) is 1. The molecule has 0 aromatic rings. The van der Waals surface area contributed by atoms with Crippen LogP contribution in [0, 0.1) is 29.6 Å². The van der Waals surface area contributed by atoms with Gasteiger partial charge in [0.15, 0.2) is 0 Å². The Morgan fingerprint density at radius 2 is 1.69 bits per heavy atom. The van der Waals surface area contributed by atoms with Gasteiger partial charge in [-0.1, -0.05) is 13.8 Å². The van der Waals surface area contributed by atoms with E-state index in [1.807, 2.05) is 6.92 Å². The highest BCUT2D eigenvalue weighted by atomic mass is 14.9. The Labute approximate surface area is 101 Å². The van der Waals surface area contributed by atoms with Crippen molar-refractivity contribution in [1.82, 2.24) is 5.32 Å². The molecule has 1 atom stereocenters. The second kappa shape index (κ2) is 6.97. The van der Waals surface area contributed by atoms with Gasteiger partial charge in [0, 0.05) is 12.5 Å². The SMILES string of the molecule is CC#CCC(NC)C1CCC(C(C)C)CC1. The van der Waals surface area contributed by atoms with Crippen LogP contribution in [-0.2, 0) is 0 Å². The molecule has 1 rings (SSSR count). The molecule has 0 aromatic carbocycles. The molecule has 0 heterocycles. The summed E-state index contributed by atoms with van der Waals surface area (Å²) >= 11 is 0. The minimum atomic E-state index is 0.612. The van der Waals surface area contributed by atoms with Gasteiger partial charge in [0.25, 0.3) is 0 Å². The fourth-order valence-electron chi connectivity index (χ4n) is 2.93. The quantitative estimate of drug-likeness (QED) is 0.717. The Morgan fingerprint density at radius 1 is 1.12 bits per heavy atom. The van der Waals surface area contributed by atoms with Crippen LogP contribution in [0.2, 0.25) is 0 Å². The van der Waals surface area contributed by atoms with Crippen molar-refractivity contribution in [1.29, 1.82) is 0 Å². The molecule has 1 aliphatic rings. The maximum Gasteiger partial charge on any atom is 0.0245 e. The van der Waals surface area contributed by atoms with Gasteiger partial charge < -0.3 is 5.32 Å². The van der Waals surface area contributed by atoms with E-state index in [4.69, 9.17) is 0 Å². The zero-order valence-electron chi connectivity index (χ0n) is 11.3. The summed E-state index contributed by atoms with van der Waals surface area (Å²) in [6.45, 7) is 6.66. The standard InChI is InChI=1S/C15H27N/c1-5-6-7-15(16-4)14-10-8-13(9-11-14)12(2)3/h12-16H,7-11H2,1-4H3. The van der Waals surface area contributed by atoms with Gasteiger partial charge in [0.1, 0.15) is 0 Å². The van der Waals surface area contributed by atoms with Crippen LogP contribution < -0.4 is 5.32 Å². The zero-order chi connectivity index (χ0) is 12.0. The molecule has 0 radical (unpaired) electrons. The molecule has 1 nitrogen and oxygen atoms in total. The van der Waals surface area contributed by atoms with E-state index in [1.165, 1.54) is 25.7 Å². The van der Waals surface area contributed by atoms with Crippen molar-refractivity contribution in [3.05, 3.63) is 0 Å². The lowest BCUT2D eigenvalue weighted by Crippen LogP contribution is -2.36. The van der Waals surface area contributed by atoms with Crippen LogP contribution >= 0.6 is 0 Å². The first-order valence-electron chi connectivity index (χ1n) is 6.75. The van der Waals surface area contributed by atoms with Gasteiger partial charge in [-0.15, -0.1) is 11.8 Å². The van der Waals surface area contributed by atoms with Crippen LogP contribution in [-0.4, -0.2) is 13.1 Å². The van der Waals surface area contributed by atoms with E-state index < -0.39 is 0 Å². The van der Waals surface area contributed by atoms with Crippen LogP contribution in [0.4, 0.5) is 0 Å². The van der Waals surface area contributed by atoms with E-state index in [-0.39, 0.29) is 0 Å². The van der Waals surface area contributed by atoms with E-state index in [0.717, 1.165) is 24.2 Å². The summed E-state index contributed by atoms with van der Waals surface area (Å²) in [6.07, 6.45) is 6.63. The summed E-state index contributed by atoms with van der Waals surface area (Å²) < 4.78 is 0. The lowest BCUT2D eigenvalue weighted by Gasteiger charge is -2.34. The molecule has 0 bridgehead atoms. The van der Waals surface area contributed by atoms with E-state index in [1.54, 1.807) is 0 Å². The van der Waals surface area contributed by atoms with Gasteiger partial charge in [-0.2, -0.15) is 0 Å². The van der Waals surface area contributed by atoms with Crippen molar-refractivity contribution in [3.8, 4) is 11.8 Å². The molecule has 0 spiro atoms. The molecule has 1 saturated carbocycles. The molecule has 0 amide bonds. The molecule has 16 heavy (non-hydrogen) atoms. The van der Waals surface area contributed by atoms with Gasteiger partial charge in [-0.3, -0.25) is 0 Å². The van der Waals surface area contributed by atoms with Gasteiger partial charge in [-0.25, -0.2) is 0 Å². The highest BCUT2D eigenvalue weighted by molar-refractivity contribution is 4.99. The Balaban J connectivity index is 2.40. The predicted molar refractivity (Wildman–Crippen MR) is 71.2 cm³/mol. The highest BCUT2D eigenvalue weighted by Crippen LogP contribution is 2.35. The predicted octanol–water partition coefficient (Wildman–Crippen LogP) is 3.45. The summed E-state index contributed by atoms with van der Waals surface area (Å²) in [5, 5.41) is 3.45. The molecule has 1 N–H and O–H groups in total. The van der Waals surface area contributed by atoms with Gasteiger partial charge in [-0.05, 0) is 57.4 Å². The van der Waals surface area contributed by atoms with Crippen molar-refractivity contribution >= 4 is 0 Å². The third-order valence-corrected chi connectivity index (χ3v) is 4.20. The Morgan fingerprint density at radius 3 is 2.12 bits per heavy atom. The minimum absolute atomic E-state index is 0.612. The lowest BCUT2D eigenvalue weighted by molar-refractivity contribution is 0.193. The smallest absolute Gasteiger partial charge is 0.0245 e. The summed E-state index contributed by atoms with van der Waals surface area (Å²) in [5.41, 5.74) is 0. The van der Waals surface area contributed by atoms with E-state index >= 15 is 0 Å². The van der Waals surface area contributed by atoms with Gasteiger partial charge in [0.05, 0.1) is 0 Å². The second-order valence-electron chi connectivity index (χ2n) is 5.44. The van der Waals surface area contributed by atoms with Crippen LogP contribution in [0.5, 0.6) is 0 Å². The monoisotopic (exact) mass is 221 g/mol. The molecule has 1 fully saturated rings. The summed E-state index contributed by atoms with van der Waals surface area (Å²) in [7, 11) is 2.08. The van der Waals surface area contributed by atoms with E-state index in [9.17, 15) is 0 Å². The van der Waals surface area contributed by atoms with Crippen molar-refractivity contribution in [2.24, 2.45) is 17.8 Å². The lowest BCUT2D eigenvalue weighted by atomic mass is 9.74. The topological polar surface area (TPSA) is 12.0 Å². The summed E-state index contributed by atoms with van der Waals surface area (Å²) in [5.74, 6) is 8.90. The zero-order valence-corrected chi connectivity index (χ0v) is 11.3. The average Bonchev–Trinajstić information content (AvgIpc) is 2.30. The molecule has 1 aliphatic carbocycles. The molecule has 0 aliphatic heterocycles.